The number of halogens is 1. The molecule has 20 heavy (non-hydrogen) atoms. The molecule has 3 heterocycles. The lowest BCUT2D eigenvalue weighted by molar-refractivity contribution is 0.253. The summed E-state index contributed by atoms with van der Waals surface area (Å²) in [6, 6.07) is 0.417. The summed E-state index contributed by atoms with van der Waals surface area (Å²) >= 11 is 0. The van der Waals surface area contributed by atoms with Crippen LogP contribution in [0.3, 0.4) is 0 Å². The first kappa shape index (κ1) is 10.9. The van der Waals surface area contributed by atoms with Gasteiger partial charge in [-0.2, -0.15) is 9.07 Å². The molecule has 0 spiro atoms. The molecule has 11 heteroatoms. The van der Waals surface area contributed by atoms with Crippen molar-refractivity contribution in [3.8, 4) is 11.7 Å². The van der Waals surface area contributed by atoms with Crippen molar-refractivity contribution in [2.45, 2.75) is 6.61 Å². The summed E-state index contributed by atoms with van der Waals surface area (Å²) in [6.45, 7) is -0.301. The molecule has 1 N–H and O–H groups in total. The SMILES string of the molecule is [3H]n1ccc(OCc2c(-n3nnn(C)c3=O)noc2F)n1. The quantitative estimate of drug-likeness (QED) is 0.679. The van der Waals surface area contributed by atoms with E-state index in [4.69, 9.17) is 6.15 Å². The Hall–Kier alpha value is -2.98. The van der Waals surface area contributed by atoms with Crippen LogP contribution in [0, 0.1) is 6.01 Å². The molecule has 0 aliphatic heterocycles. The number of hydrogen-bond acceptors (Lipinski definition) is 7. The van der Waals surface area contributed by atoms with Crippen molar-refractivity contribution < 1.29 is 15.1 Å². The van der Waals surface area contributed by atoms with Gasteiger partial charge < -0.3 is 9.26 Å². The fraction of sp³-hybridized carbons (Fsp3) is 0.222. The number of aryl methyl sites for hydroxylation is 1. The van der Waals surface area contributed by atoms with E-state index in [2.05, 4.69) is 25.2 Å². The molecule has 0 atom stereocenters. The molecule has 0 saturated carbocycles. The predicted molar refractivity (Wildman–Crippen MR) is 59.5 cm³/mol. The fourth-order valence-electron chi connectivity index (χ4n) is 1.46. The van der Waals surface area contributed by atoms with E-state index in [9.17, 15) is 9.18 Å². The molecular formula is C9H8FN7O3. The summed E-state index contributed by atoms with van der Waals surface area (Å²) in [5, 5.41) is 14.9. The molecule has 0 fully saturated rings. The Morgan fingerprint density at radius 2 is 2.45 bits per heavy atom. The van der Waals surface area contributed by atoms with Crippen molar-refractivity contribution in [2.24, 2.45) is 7.05 Å². The Labute approximate surface area is 111 Å². The number of hydrogen-bond donors (Lipinski definition) is 1. The molecule has 0 aliphatic carbocycles. The number of aromatic nitrogens is 7. The highest BCUT2D eigenvalue weighted by atomic mass is 19.1. The highest BCUT2D eigenvalue weighted by Gasteiger charge is 2.22. The van der Waals surface area contributed by atoms with Gasteiger partial charge in [-0.1, -0.05) is 5.16 Å². The van der Waals surface area contributed by atoms with E-state index in [0.29, 0.717) is 0 Å². The molecule has 0 aromatic carbocycles. The molecular weight excluding hydrogens is 273 g/mol. The van der Waals surface area contributed by atoms with Gasteiger partial charge in [0.15, 0.2) is 1.41 Å². The van der Waals surface area contributed by atoms with Crippen molar-refractivity contribution in [1.82, 2.24) is 35.1 Å². The third-order valence-electron chi connectivity index (χ3n) is 2.45. The van der Waals surface area contributed by atoms with Gasteiger partial charge in [0, 0.05) is 19.3 Å². The predicted octanol–water partition coefficient (Wildman–Crippen LogP) is -0.605. The van der Waals surface area contributed by atoms with E-state index in [0.717, 1.165) is 14.5 Å². The lowest BCUT2D eigenvalue weighted by Crippen LogP contribution is -2.23. The summed E-state index contributed by atoms with van der Waals surface area (Å²) in [5.41, 5.74) is -0.725. The summed E-state index contributed by atoms with van der Waals surface area (Å²) < 4.78 is 32.1. The molecule has 10 nitrogen and oxygen atoms in total. The number of nitrogens with one attached hydrogen (secondary N) is 1. The molecule has 0 unspecified atom stereocenters. The monoisotopic (exact) mass is 283 g/mol. The average molecular weight is 283 g/mol. The smallest absolute Gasteiger partial charge is 0.369 e. The molecule has 3 aromatic heterocycles. The number of tetrazole rings is 1. The molecule has 104 valence electrons. The Morgan fingerprint density at radius 1 is 1.60 bits per heavy atom. The zero-order chi connectivity index (χ0) is 15.0. The number of H-pyrrole nitrogens is 1. The maximum atomic E-state index is 13.6. The maximum absolute atomic E-state index is 13.6. The number of nitrogens with zero attached hydrogens (tertiary/aromatic N) is 6. The minimum absolute atomic E-state index is 0.114. The van der Waals surface area contributed by atoms with Crippen molar-refractivity contribution in [3.63, 3.8) is 0 Å². The molecule has 0 aliphatic rings. The van der Waals surface area contributed by atoms with Gasteiger partial charge in [-0.05, 0) is 10.4 Å². The first-order valence-electron chi connectivity index (χ1n) is 5.82. The number of ether oxygens (including phenoxy) is 1. The highest BCUT2D eigenvalue weighted by Crippen LogP contribution is 2.17. The van der Waals surface area contributed by atoms with Crippen LogP contribution in [0.5, 0.6) is 5.88 Å². The molecule has 0 bridgehead atoms. The van der Waals surface area contributed by atoms with Crippen LogP contribution in [0.15, 0.2) is 21.6 Å². The summed E-state index contributed by atoms with van der Waals surface area (Å²) in [5.74, 6) is -0.0426. The van der Waals surface area contributed by atoms with Crippen molar-refractivity contribution in [2.75, 3.05) is 0 Å². The van der Waals surface area contributed by atoms with Gasteiger partial charge in [0.1, 0.15) is 12.2 Å². The van der Waals surface area contributed by atoms with Crippen LogP contribution in [0.1, 0.15) is 5.56 Å². The lowest BCUT2D eigenvalue weighted by atomic mass is 10.3. The molecule has 3 rings (SSSR count). The zero-order valence-electron chi connectivity index (χ0n) is 11.1. The van der Waals surface area contributed by atoms with E-state index in [1.54, 1.807) is 0 Å². The standard InChI is InChI=1S/C9H8FN7O3/c1-16-9(18)17(15-14-16)8-5(7(10)20-13-8)4-19-6-2-3-11-12-6/h2-3H,4H2,1H3,(H,11,12)/i/hT. The first-order valence-corrected chi connectivity index (χ1v) is 5.37. The Balaban J connectivity index is 1.90. The largest absolute Gasteiger partial charge is 0.471 e. The third kappa shape index (κ3) is 1.94. The van der Waals surface area contributed by atoms with E-state index < -0.39 is 11.7 Å². The average Bonchev–Trinajstić information content (AvgIpc) is 3.11. The fourth-order valence-corrected chi connectivity index (χ4v) is 1.46. The van der Waals surface area contributed by atoms with Crippen LogP contribution < -0.4 is 10.4 Å². The van der Waals surface area contributed by atoms with Gasteiger partial charge in [0.25, 0.3) is 0 Å². The van der Waals surface area contributed by atoms with Crippen LogP contribution in [0.25, 0.3) is 5.82 Å². The second kappa shape index (κ2) is 4.60. The van der Waals surface area contributed by atoms with Gasteiger partial charge in [-0.25, -0.2) is 4.79 Å². The molecule has 0 saturated heterocycles. The minimum Gasteiger partial charge on any atom is -0.471 e. The topological polar surface area (TPSA) is 117 Å². The second-order valence-electron chi connectivity index (χ2n) is 3.71. The zero-order valence-corrected chi connectivity index (χ0v) is 10.1. The Bertz CT molecular complexity index is 835. The van der Waals surface area contributed by atoms with Crippen molar-refractivity contribution >= 4 is 0 Å². The van der Waals surface area contributed by atoms with Crippen LogP contribution in [0.2, 0.25) is 1.41 Å². The summed E-state index contributed by atoms with van der Waals surface area (Å²) in [4.78, 5) is 11.7. The van der Waals surface area contributed by atoms with Crippen LogP contribution >= 0.6 is 0 Å². The second-order valence-corrected chi connectivity index (χ2v) is 3.71. The van der Waals surface area contributed by atoms with Crippen molar-refractivity contribution in [3.05, 3.63) is 34.3 Å². The van der Waals surface area contributed by atoms with Gasteiger partial charge in [-0.15, -0.1) is 9.78 Å². The van der Waals surface area contributed by atoms with Crippen LogP contribution in [-0.2, 0) is 13.7 Å². The van der Waals surface area contributed by atoms with Crippen LogP contribution in [0.4, 0.5) is 4.39 Å². The van der Waals surface area contributed by atoms with Gasteiger partial charge in [0.05, 0.1) is 0 Å². The minimum atomic E-state index is -1.01. The number of rotatable bonds is 4. The Morgan fingerprint density at radius 3 is 3.10 bits per heavy atom. The Kier molecular flexibility index (Phi) is 2.51. The van der Waals surface area contributed by atoms with E-state index >= 15 is 0 Å². The maximum Gasteiger partial charge on any atom is 0.369 e. The van der Waals surface area contributed by atoms with Crippen molar-refractivity contribution in [1.29, 1.82) is 0 Å². The first-order chi connectivity index (χ1) is 10.1. The normalized spacial score (nSPS) is 11.6. The van der Waals surface area contributed by atoms with E-state index in [1.807, 2.05) is 0 Å². The summed E-state index contributed by atoms with van der Waals surface area (Å²) in [7, 11) is 1.39. The van der Waals surface area contributed by atoms with Crippen LogP contribution in [-0.4, -0.2) is 35.1 Å². The third-order valence-corrected chi connectivity index (χ3v) is 2.45. The molecule has 0 amide bonds. The molecule has 3 aromatic rings. The van der Waals surface area contributed by atoms with Gasteiger partial charge >= 0.3 is 11.7 Å². The highest BCUT2D eigenvalue weighted by molar-refractivity contribution is 5.29. The van der Waals surface area contributed by atoms with Gasteiger partial charge in [-0.3, -0.25) is 5.09 Å². The lowest BCUT2D eigenvalue weighted by Gasteiger charge is -2.01. The van der Waals surface area contributed by atoms with E-state index in [1.165, 1.54) is 19.3 Å². The van der Waals surface area contributed by atoms with Gasteiger partial charge in [0.2, 0.25) is 11.7 Å². The van der Waals surface area contributed by atoms with E-state index in [-0.39, 0.29) is 23.9 Å². The molecule has 0 radical (unpaired) electrons. The summed E-state index contributed by atoms with van der Waals surface area (Å²) in [6.07, 6.45) is 1.34. The number of aromatic amines is 1.